The molecule has 0 aliphatic rings. The number of carbonyl (C=O) groups excluding carboxylic acids is 1. The van der Waals surface area contributed by atoms with E-state index in [-0.39, 0.29) is 16.1 Å². The third-order valence-corrected chi connectivity index (χ3v) is 6.40. The van der Waals surface area contributed by atoms with Crippen LogP contribution in [0.4, 0.5) is 5.69 Å². The van der Waals surface area contributed by atoms with E-state index in [4.69, 9.17) is 10.2 Å². The van der Waals surface area contributed by atoms with Crippen LogP contribution in [0.2, 0.25) is 0 Å². The Labute approximate surface area is 176 Å². The number of aliphatic hydroxyl groups excluding tert-OH is 1. The van der Waals surface area contributed by atoms with Crippen LogP contribution in [0.5, 0.6) is 0 Å². The molecule has 30 heavy (non-hydrogen) atoms. The Morgan fingerprint density at radius 2 is 1.77 bits per heavy atom. The third kappa shape index (κ3) is 4.85. The summed E-state index contributed by atoms with van der Waals surface area (Å²) >= 11 is 1.21. The van der Waals surface area contributed by atoms with Gasteiger partial charge in [-0.1, -0.05) is 36.4 Å². The largest absolute Gasteiger partial charge is 0.480 e. The highest BCUT2D eigenvalue weighted by atomic mass is 32.2. The molecule has 10 heteroatoms. The van der Waals surface area contributed by atoms with E-state index in [0.29, 0.717) is 5.56 Å². The lowest BCUT2D eigenvalue weighted by Gasteiger charge is -2.16. The summed E-state index contributed by atoms with van der Waals surface area (Å²) in [4.78, 5) is 23.8. The molecular formula is C20H18N2O6S2. The lowest BCUT2D eigenvalue weighted by atomic mass is 10.0. The summed E-state index contributed by atoms with van der Waals surface area (Å²) in [6, 6.07) is 13.6. The van der Waals surface area contributed by atoms with Gasteiger partial charge in [-0.05, 0) is 34.7 Å². The van der Waals surface area contributed by atoms with Gasteiger partial charge < -0.3 is 15.5 Å². The fourth-order valence-corrected chi connectivity index (χ4v) is 4.77. The van der Waals surface area contributed by atoms with Crippen molar-refractivity contribution in [1.82, 2.24) is 5.32 Å². The third-order valence-electron chi connectivity index (χ3n) is 4.21. The highest BCUT2D eigenvalue weighted by molar-refractivity contribution is 7.92. The number of nitrogens with one attached hydrogen (secondary N) is 2. The van der Waals surface area contributed by atoms with E-state index in [2.05, 4.69) is 10.0 Å². The predicted molar refractivity (Wildman–Crippen MR) is 113 cm³/mol. The molecule has 1 aromatic heterocycles. The fourth-order valence-electron chi connectivity index (χ4n) is 2.67. The van der Waals surface area contributed by atoms with E-state index in [1.54, 1.807) is 11.4 Å². The van der Waals surface area contributed by atoms with Crippen molar-refractivity contribution in [3.63, 3.8) is 0 Å². The number of hydrogen-bond acceptors (Lipinski definition) is 6. The van der Waals surface area contributed by atoms with Gasteiger partial charge in [0.1, 0.15) is 0 Å². The molecule has 0 fully saturated rings. The Morgan fingerprint density at radius 1 is 1.03 bits per heavy atom. The van der Waals surface area contributed by atoms with Gasteiger partial charge in [0.2, 0.25) is 0 Å². The number of benzene rings is 2. The second-order valence-electron chi connectivity index (χ2n) is 6.24. The fraction of sp³-hybridized carbons (Fsp3) is 0.100. The normalized spacial score (nSPS) is 12.2. The minimum atomic E-state index is -3.96. The standard InChI is InChI=1S/C20H18N2O6S2/c23-11-18(20(25)26)21-19(24)16-7-6-14(13-4-2-1-3-5-13)10-17(16)22-30(27,28)15-8-9-29-12-15/h1-10,12,18,22-23H,11H2,(H,21,24)(H,25,26)/t18-/m0/s1. The molecule has 3 rings (SSSR count). The topological polar surface area (TPSA) is 133 Å². The van der Waals surface area contributed by atoms with Gasteiger partial charge in [-0.2, -0.15) is 11.3 Å². The number of rotatable bonds is 8. The zero-order chi connectivity index (χ0) is 21.7. The van der Waals surface area contributed by atoms with Gasteiger partial charge in [-0.15, -0.1) is 0 Å². The molecule has 0 aliphatic heterocycles. The number of sulfonamides is 1. The molecule has 4 N–H and O–H groups in total. The van der Waals surface area contributed by atoms with E-state index >= 15 is 0 Å². The Morgan fingerprint density at radius 3 is 2.37 bits per heavy atom. The number of carbonyl (C=O) groups is 2. The van der Waals surface area contributed by atoms with Crippen molar-refractivity contribution < 1.29 is 28.2 Å². The average Bonchev–Trinajstić information content (AvgIpc) is 3.28. The molecule has 0 radical (unpaired) electrons. The molecule has 156 valence electrons. The lowest BCUT2D eigenvalue weighted by molar-refractivity contribution is -0.140. The highest BCUT2D eigenvalue weighted by Crippen LogP contribution is 2.28. The van der Waals surface area contributed by atoms with Crippen LogP contribution >= 0.6 is 11.3 Å². The SMILES string of the molecule is O=C(N[C@@H](CO)C(=O)O)c1ccc(-c2ccccc2)cc1NS(=O)(=O)c1ccsc1. The van der Waals surface area contributed by atoms with Crippen molar-refractivity contribution in [2.24, 2.45) is 0 Å². The van der Waals surface area contributed by atoms with Crippen molar-refractivity contribution in [1.29, 1.82) is 0 Å². The number of thiophene rings is 1. The molecule has 2 aromatic carbocycles. The zero-order valence-electron chi connectivity index (χ0n) is 15.5. The van der Waals surface area contributed by atoms with Crippen molar-refractivity contribution in [3.8, 4) is 11.1 Å². The molecule has 0 bridgehead atoms. The first-order valence-electron chi connectivity index (χ1n) is 8.71. The molecule has 3 aromatic rings. The van der Waals surface area contributed by atoms with Crippen LogP contribution in [-0.4, -0.2) is 43.2 Å². The number of anilines is 1. The van der Waals surface area contributed by atoms with Crippen molar-refractivity contribution in [2.45, 2.75) is 10.9 Å². The first-order chi connectivity index (χ1) is 14.3. The summed E-state index contributed by atoms with van der Waals surface area (Å²) in [5.74, 6) is -2.24. The molecule has 0 saturated carbocycles. The van der Waals surface area contributed by atoms with Crippen LogP contribution in [0.15, 0.2) is 70.3 Å². The summed E-state index contributed by atoms with van der Waals surface area (Å²) in [5.41, 5.74) is 1.38. The number of carboxylic acids is 1. The first-order valence-corrected chi connectivity index (χ1v) is 11.1. The molecule has 0 aliphatic carbocycles. The second-order valence-corrected chi connectivity index (χ2v) is 8.70. The summed E-state index contributed by atoms with van der Waals surface area (Å²) in [6.45, 7) is -0.806. The van der Waals surface area contributed by atoms with E-state index in [9.17, 15) is 18.0 Å². The van der Waals surface area contributed by atoms with E-state index < -0.39 is 34.5 Å². The van der Waals surface area contributed by atoms with E-state index in [1.165, 1.54) is 34.9 Å². The quantitative estimate of drug-likeness (QED) is 0.420. The van der Waals surface area contributed by atoms with Crippen LogP contribution in [0.1, 0.15) is 10.4 Å². The number of amides is 1. The summed E-state index contributed by atoms with van der Waals surface area (Å²) in [5, 5.41) is 23.5. The van der Waals surface area contributed by atoms with Gasteiger partial charge >= 0.3 is 5.97 Å². The van der Waals surface area contributed by atoms with Gasteiger partial charge in [-0.25, -0.2) is 13.2 Å². The van der Waals surface area contributed by atoms with Crippen molar-refractivity contribution in [3.05, 3.63) is 70.9 Å². The van der Waals surface area contributed by atoms with Gasteiger partial charge in [0.15, 0.2) is 6.04 Å². The highest BCUT2D eigenvalue weighted by Gasteiger charge is 2.24. The molecule has 0 spiro atoms. The van der Waals surface area contributed by atoms with E-state index in [1.807, 2.05) is 30.3 Å². The molecule has 1 heterocycles. The van der Waals surface area contributed by atoms with Crippen LogP contribution in [0.25, 0.3) is 11.1 Å². The van der Waals surface area contributed by atoms with Crippen molar-refractivity contribution in [2.75, 3.05) is 11.3 Å². The number of hydrogen-bond donors (Lipinski definition) is 4. The number of aliphatic hydroxyl groups is 1. The van der Waals surface area contributed by atoms with Gasteiger partial charge in [0.05, 0.1) is 22.8 Å². The predicted octanol–water partition coefficient (Wildman–Crippen LogP) is 2.39. The zero-order valence-corrected chi connectivity index (χ0v) is 17.1. The summed E-state index contributed by atoms with van der Waals surface area (Å²) in [7, 11) is -3.96. The minimum Gasteiger partial charge on any atom is -0.480 e. The monoisotopic (exact) mass is 446 g/mol. The van der Waals surface area contributed by atoms with Crippen molar-refractivity contribution >= 4 is 38.9 Å². The van der Waals surface area contributed by atoms with Gasteiger partial charge in [0, 0.05) is 5.38 Å². The summed E-state index contributed by atoms with van der Waals surface area (Å²) in [6.07, 6.45) is 0. The molecule has 1 amide bonds. The van der Waals surface area contributed by atoms with Crippen LogP contribution in [-0.2, 0) is 14.8 Å². The second kappa shape index (κ2) is 9.08. The number of carboxylic acid groups (broad SMARTS) is 1. The first kappa shape index (κ1) is 21.5. The molecule has 8 nitrogen and oxygen atoms in total. The van der Waals surface area contributed by atoms with Crippen LogP contribution in [0.3, 0.4) is 0 Å². The minimum absolute atomic E-state index is 0.0119. The Hall–Kier alpha value is -3.21. The average molecular weight is 447 g/mol. The van der Waals surface area contributed by atoms with Gasteiger partial charge in [0.25, 0.3) is 15.9 Å². The maximum Gasteiger partial charge on any atom is 0.328 e. The molecule has 1 atom stereocenters. The molecular weight excluding hydrogens is 428 g/mol. The Kier molecular flexibility index (Phi) is 6.50. The van der Waals surface area contributed by atoms with Gasteiger partial charge in [-0.3, -0.25) is 9.52 Å². The van der Waals surface area contributed by atoms with E-state index in [0.717, 1.165) is 5.56 Å². The van der Waals surface area contributed by atoms with Crippen LogP contribution in [0, 0.1) is 0 Å². The maximum absolute atomic E-state index is 12.7. The Balaban J connectivity index is 2.03. The maximum atomic E-state index is 12.7. The molecule has 0 saturated heterocycles. The smallest absolute Gasteiger partial charge is 0.328 e. The Bertz CT molecular complexity index is 1150. The lowest BCUT2D eigenvalue weighted by Crippen LogP contribution is -2.43. The molecule has 0 unspecified atom stereocenters. The summed E-state index contributed by atoms with van der Waals surface area (Å²) < 4.78 is 27.8. The van der Waals surface area contributed by atoms with Crippen LogP contribution < -0.4 is 10.0 Å². The number of aliphatic carboxylic acids is 1.